The molecule has 4 rings (SSSR count). The summed E-state index contributed by atoms with van der Waals surface area (Å²) in [5, 5.41) is 5.57. The number of hydrogen-bond acceptors (Lipinski definition) is 2. The van der Waals surface area contributed by atoms with Crippen LogP contribution in [0.15, 0.2) is 66.7 Å². The third-order valence-electron chi connectivity index (χ3n) is 4.06. The highest BCUT2D eigenvalue weighted by Gasteiger charge is 2.18. The van der Waals surface area contributed by atoms with Gasteiger partial charge in [-0.05, 0) is 28.7 Å². The summed E-state index contributed by atoms with van der Waals surface area (Å²) >= 11 is 0. The minimum Gasteiger partial charge on any atom is -0.380 e. The van der Waals surface area contributed by atoms with E-state index in [1.807, 2.05) is 36.4 Å². The van der Waals surface area contributed by atoms with Crippen molar-refractivity contribution in [3.05, 3.63) is 83.4 Å². The van der Waals surface area contributed by atoms with Gasteiger partial charge in [0.1, 0.15) is 0 Å². The van der Waals surface area contributed by atoms with E-state index in [2.05, 4.69) is 35.6 Å². The molecule has 0 bridgehead atoms. The van der Waals surface area contributed by atoms with Crippen LogP contribution in [0.4, 0.5) is 5.69 Å². The monoisotopic (exact) mass is 285 g/mol. The summed E-state index contributed by atoms with van der Waals surface area (Å²) in [5.74, 6) is 0.0693. The molecule has 106 valence electrons. The minimum atomic E-state index is 0.0693. The van der Waals surface area contributed by atoms with E-state index in [1.54, 1.807) is 6.08 Å². The molecular formula is C20H15NO. The van der Waals surface area contributed by atoms with Gasteiger partial charge < -0.3 is 5.32 Å². The fourth-order valence-electron chi connectivity index (χ4n) is 2.99. The van der Waals surface area contributed by atoms with E-state index in [0.29, 0.717) is 6.54 Å². The van der Waals surface area contributed by atoms with Gasteiger partial charge in [0.15, 0.2) is 5.78 Å². The van der Waals surface area contributed by atoms with Crippen LogP contribution >= 0.6 is 0 Å². The number of benzene rings is 3. The largest absolute Gasteiger partial charge is 0.380 e. The average molecular weight is 285 g/mol. The van der Waals surface area contributed by atoms with Gasteiger partial charge in [-0.25, -0.2) is 0 Å². The summed E-state index contributed by atoms with van der Waals surface area (Å²) in [5.41, 5.74) is 3.99. The van der Waals surface area contributed by atoms with Gasteiger partial charge in [0.2, 0.25) is 0 Å². The lowest BCUT2D eigenvalue weighted by atomic mass is 9.91. The highest BCUT2D eigenvalue weighted by molar-refractivity contribution is 6.23. The van der Waals surface area contributed by atoms with Gasteiger partial charge in [0, 0.05) is 17.6 Å². The Bertz CT molecular complexity index is 894. The van der Waals surface area contributed by atoms with Gasteiger partial charge >= 0.3 is 0 Å². The molecule has 22 heavy (non-hydrogen) atoms. The molecule has 0 atom stereocenters. The van der Waals surface area contributed by atoms with Gasteiger partial charge in [0.25, 0.3) is 0 Å². The van der Waals surface area contributed by atoms with Gasteiger partial charge in [-0.2, -0.15) is 0 Å². The Morgan fingerprint density at radius 3 is 2.55 bits per heavy atom. The van der Waals surface area contributed by atoms with Crippen molar-refractivity contribution < 1.29 is 4.79 Å². The van der Waals surface area contributed by atoms with E-state index in [-0.39, 0.29) is 5.78 Å². The maximum absolute atomic E-state index is 12.4. The molecule has 3 aromatic rings. The first kappa shape index (κ1) is 12.8. The van der Waals surface area contributed by atoms with E-state index in [4.69, 9.17) is 0 Å². The number of rotatable bonds is 3. The fraction of sp³-hybridized carbons (Fsp3) is 0.0500. The lowest BCUT2D eigenvalue weighted by Gasteiger charge is -2.17. The topological polar surface area (TPSA) is 29.1 Å². The minimum absolute atomic E-state index is 0.0693. The van der Waals surface area contributed by atoms with Gasteiger partial charge in [-0.1, -0.05) is 60.7 Å². The van der Waals surface area contributed by atoms with Crippen molar-refractivity contribution in [1.82, 2.24) is 0 Å². The zero-order valence-electron chi connectivity index (χ0n) is 12.0. The first-order valence-electron chi connectivity index (χ1n) is 7.39. The summed E-state index contributed by atoms with van der Waals surface area (Å²) in [6.45, 7) is 0.707. The smallest absolute Gasteiger partial charge is 0.188 e. The molecule has 1 N–H and O–H groups in total. The quantitative estimate of drug-likeness (QED) is 0.758. The van der Waals surface area contributed by atoms with Crippen LogP contribution in [-0.2, 0) is 6.54 Å². The van der Waals surface area contributed by atoms with Crippen LogP contribution in [0.25, 0.3) is 16.8 Å². The van der Waals surface area contributed by atoms with Crippen molar-refractivity contribution in [2.75, 3.05) is 5.32 Å². The number of nitrogens with one attached hydrogen (secondary N) is 1. The zero-order valence-corrected chi connectivity index (χ0v) is 12.0. The summed E-state index contributed by atoms with van der Waals surface area (Å²) < 4.78 is 0. The predicted octanol–water partition coefficient (Wildman–Crippen LogP) is 4.66. The van der Waals surface area contributed by atoms with Crippen molar-refractivity contribution in [2.24, 2.45) is 0 Å². The van der Waals surface area contributed by atoms with Crippen molar-refractivity contribution in [3.63, 3.8) is 0 Å². The molecule has 0 heterocycles. The van der Waals surface area contributed by atoms with Crippen LogP contribution in [0, 0.1) is 0 Å². The number of ketones is 1. The van der Waals surface area contributed by atoms with Crippen molar-refractivity contribution in [2.45, 2.75) is 6.54 Å². The second-order valence-corrected chi connectivity index (χ2v) is 5.47. The molecule has 0 radical (unpaired) electrons. The zero-order chi connectivity index (χ0) is 14.9. The summed E-state index contributed by atoms with van der Waals surface area (Å²) in [4.78, 5) is 12.4. The summed E-state index contributed by atoms with van der Waals surface area (Å²) in [7, 11) is 0. The van der Waals surface area contributed by atoms with E-state index < -0.39 is 0 Å². The van der Waals surface area contributed by atoms with Crippen molar-refractivity contribution in [3.8, 4) is 0 Å². The Balaban J connectivity index is 1.78. The van der Waals surface area contributed by atoms with Crippen LogP contribution in [0.1, 0.15) is 21.5 Å². The Labute approximate surface area is 129 Å². The third kappa shape index (κ3) is 2.09. The van der Waals surface area contributed by atoms with Crippen molar-refractivity contribution in [1.29, 1.82) is 0 Å². The average Bonchev–Trinajstić information content (AvgIpc) is 2.58. The number of carbonyl (C=O) groups is 1. The molecule has 1 aliphatic rings. The third-order valence-corrected chi connectivity index (χ3v) is 4.06. The molecule has 0 spiro atoms. The number of allylic oxidation sites excluding steroid dienone is 1. The molecule has 0 fully saturated rings. The Hall–Kier alpha value is -2.87. The molecule has 2 heteroatoms. The van der Waals surface area contributed by atoms with Gasteiger partial charge in [0.05, 0.1) is 5.56 Å². The molecule has 0 saturated heterocycles. The highest BCUT2D eigenvalue weighted by Crippen LogP contribution is 2.33. The van der Waals surface area contributed by atoms with E-state index >= 15 is 0 Å². The van der Waals surface area contributed by atoms with Gasteiger partial charge in [-0.3, -0.25) is 4.79 Å². The second kappa shape index (κ2) is 5.15. The maximum atomic E-state index is 12.4. The highest BCUT2D eigenvalue weighted by atomic mass is 16.1. The fourth-order valence-corrected chi connectivity index (χ4v) is 2.99. The standard InChI is InChI=1S/C20H15NO/c22-18-12-10-16-8-4-7-15-9-11-17(20(18)19(15)16)21-13-14-5-2-1-3-6-14/h1-12,21H,13H2. The van der Waals surface area contributed by atoms with Crippen molar-refractivity contribution >= 4 is 28.3 Å². The molecule has 2 nitrogen and oxygen atoms in total. The normalized spacial score (nSPS) is 12.6. The summed E-state index contributed by atoms with van der Waals surface area (Å²) in [6.07, 6.45) is 3.56. The molecule has 0 saturated carbocycles. The predicted molar refractivity (Wildman–Crippen MR) is 91.1 cm³/mol. The van der Waals surface area contributed by atoms with Crippen LogP contribution in [0.2, 0.25) is 0 Å². The van der Waals surface area contributed by atoms with Crippen LogP contribution in [0.5, 0.6) is 0 Å². The summed E-state index contributed by atoms with van der Waals surface area (Å²) in [6, 6.07) is 20.4. The Morgan fingerprint density at radius 2 is 1.68 bits per heavy atom. The molecule has 1 aliphatic carbocycles. The van der Waals surface area contributed by atoms with E-state index in [0.717, 1.165) is 27.6 Å². The molecule has 0 unspecified atom stereocenters. The SMILES string of the molecule is O=C1C=Cc2cccc3ccc(NCc4ccccc4)c1c23. The van der Waals surface area contributed by atoms with Crippen LogP contribution in [0.3, 0.4) is 0 Å². The lowest BCUT2D eigenvalue weighted by Crippen LogP contribution is -2.08. The Morgan fingerprint density at radius 1 is 0.818 bits per heavy atom. The molecule has 0 amide bonds. The number of carbonyl (C=O) groups excluding carboxylic acids is 1. The number of anilines is 1. The van der Waals surface area contributed by atoms with E-state index in [1.165, 1.54) is 5.56 Å². The Kier molecular flexibility index (Phi) is 3.01. The molecule has 0 aliphatic heterocycles. The molecular weight excluding hydrogens is 270 g/mol. The molecule has 3 aromatic carbocycles. The van der Waals surface area contributed by atoms with Crippen LogP contribution < -0.4 is 5.32 Å². The lowest BCUT2D eigenvalue weighted by molar-refractivity contribution is 0.104. The van der Waals surface area contributed by atoms with E-state index in [9.17, 15) is 4.79 Å². The van der Waals surface area contributed by atoms with Gasteiger partial charge in [-0.15, -0.1) is 0 Å². The maximum Gasteiger partial charge on any atom is 0.188 e. The molecule has 0 aromatic heterocycles. The second-order valence-electron chi connectivity index (χ2n) is 5.47. The number of hydrogen-bond donors (Lipinski definition) is 1. The first-order valence-corrected chi connectivity index (χ1v) is 7.39. The van der Waals surface area contributed by atoms with Crippen LogP contribution in [-0.4, -0.2) is 5.78 Å². The first-order chi connectivity index (χ1) is 10.8.